The first-order valence-corrected chi connectivity index (χ1v) is 11.1. The number of piperazine rings is 1. The van der Waals surface area contributed by atoms with E-state index >= 15 is 0 Å². The predicted octanol–water partition coefficient (Wildman–Crippen LogP) is 1.26. The molecule has 32 heavy (non-hydrogen) atoms. The molecule has 3 amide bonds. The van der Waals surface area contributed by atoms with Crippen molar-refractivity contribution in [3.8, 4) is 0 Å². The van der Waals surface area contributed by atoms with Crippen LogP contribution in [-0.2, 0) is 20.9 Å². The van der Waals surface area contributed by atoms with E-state index in [2.05, 4.69) is 4.98 Å². The number of ether oxygens (including phenoxy) is 1. The lowest BCUT2D eigenvalue weighted by atomic mass is 9.93. The van der Waals surface area contributed by atoms with Gasteiger partial charge in [-0.05, 0) is 36.6 Å². The van der Waals surface area contributed by atoms with Crippen LogP contribution in [0.2, 0.25) is 0 Å². The summed E-state index contributed by atoms with van der Waals surface area (Å²) in [5.74, 6) is -0.570. The molecule has 5 rings (SSSR count). The van der Waals surface area contributed by atoms with Crippen LogP contribution < -0.4 is 0 Å². The average Bonchev–Trinajstić information content (AvgIpc) is 3.57. The second kappa shape index (κ2) is 8.74. The Morgan fingerprint density at radius 3 is 2.44 bits per heavy atom. The Balaban J connectivity index is 1.29. The molecule has 0 aromatic carbocycles. The SMILES string of the molecule is O=C(c1ccco1)N1Cc2cccnc2C(C(=O)N2CCN(C(=O)C3CCCO3)CC2)C1. The topological polar surface area (TPSA) is 96.2 Å². The van der Waals surface area contributed by atoms with E-state index < -0.39 is 5.92 Å². The van der Waals surface area contributed by atoms with Gasteiger partial charge in [-0.25, -0.2) is 0 Å². The normalized spacial score (nSPS) is 23.2. The van der Waals surface area contributed by atoms with Gasteiger partial charge < -0.3 is 23.9 Å². The molecule has 168 valence electrons. The zero-order valence-electron chi connectivity index (χ0n) is 17.8. The maximum atomic E-state index is 13.5. The van der Waals surface area contributed by atoms with Crippen LogP contribution in [0.15, 0.2) is 41.1 Å². The number of carbonyl (C=O) groups is 3. The van der Waals surface area contributed by atoms with Gasteiger partial charge in [0.15, 0.2) is 5.76 Å². The number of pyridine rings is 1. The summed E-state index contributed by atoms with van der Waals surface area (Å²) in [5, 5.41) is 0. The highest BCUT2D eigenvalue weighted by Crippen LogP contribution is 2.30. The first-order chi connectivity index (χ1) is 15.6. The van der Waals surface area contributed by atoms with Crippen LogP contribution in [0.25, 0.3) is 0 Å². The fraction of sp³-hybridized carbons (Fsp3) is 0.478. The Bertz CT molecular complexity index is 994. The molecule has 0 bridgehead atoms. The molecule has 3 aliphatic rings. The molecular weight excluding hydrogens is 412 g/mol. The highest BCUT2D eigenvalue weighted by Gasteiger charge is 2.38. The molecule has 0 spiro atoms. The molecule has 2 aromatic heterocycles. The van der Waals surface area contributed by atoms with Gasteiger partial charge >= 0.3 is 0 Å². The summed E-state index contributed by atoms with van der Waals surface area (Å²) in [6.45, 7) is 3.16. The molecule has 2 saturated heterocycles. The van der Waals surface area contributed by atoms with Gasteiger partial charge in [-0.3, -0.25) is 19.4 Å². The Kier molecular flexibility index (Phi) is 5.65. The van der Waals surface area contributed by atoms with Gasteiger partial charge in [-0.15, -0.1) is 0 Å². The summed E-state index contributed by atoms with van der Waals surface area (Å²) < 4.78 is 10.8. The molecule has 2 fully saturated rings. The third-order valence-electron chi connectivity index (χ3n) is 6.45. The van der Waals surface area contributed by atoms with Gasteiger partial charge in [0.1, 0.15) is 6.10 Å². The Labute approximate surface area is 185 Å². The van der Waals surface area contributed by atoms with Crippen LogP contribution >= 0.6 is 0 Å². The highest BCUT2D eigenvalue weighted by molar-refractivity contribution is 5.93. The van der Waals surface area contributed by atoms with E-state index in [1.807, 2.05) is 12.1 Å². The quantitative estimate of drug-likeness (QED) is 0.716. The monoisotopic (exact) mass is 438 g/mol. The van der Waals surface area contributed by atoms with E-state index in [1.54, 1.807) is 33.0 Å². The van der Waals surface area contributed by atoms with Crippen molar-refractivity contribution in [1.29, 1.82) is 0 Å². The minimum absolute atomic E-state index is 0.0227. The first-order valence-electron chi connectivity index (χ1n) is 11.1. The average molecular weight is 438 g/mol. The third-order valence-corrected chi connectivity index (χ3v) is 6.45. The summed E-state index contributed by atoms with van der Waals surface area (Å²) in [6, 6.07) is 7.02. The minimum atomic E-state index is -0.542. The molecule has 2 aromatic rings. The highest BCUT2D eigenvalue weighted by atomic mass is 16.5. The third kappa shape index (κ3) is 3.88. The molecule has 0 radical (unpaired) electrons. The molecule has 5 heterocycles. The van der Waals surface area contributed by atoms with E-state index in [1.165, 1.54) is 6.26 Å². The summed E-state index contributed by atoms with van der Waals surface area (Å²) in [5.41, 5.74) is 1.59. The number of hydrogen-bond donors (Lipinski definition) is 0. The smallest absolute Gasteiger partial charge is 0.289 e. The Morgan fingerprint density at radius 1 is 0.969 bits per heavy atom. The number of nitrogens with zero attached hydrogens (tertiary/aromatic N) is 4. The molecule has 0 saturated carbocycles. The number of rotatable bonds is 3. The number of hydrogen-bond acceptors (Lipinski definition) is 6. The zero-order chi connectivity index (χ0) is 22.1. The minimum Gasteiger partial charge on any atom is -0.459 e. The Morgan fingerprint density at radius 2 is 1.75 bits per heavy atom. The molecular formula is C23H26N4O5. The standard InChI is InChI=1S/C23H26N4O5/c28-21(25-8-10-26(11-9-25)22(29)18-5-2-12-31-18)17-15-27(23(30)19-6-3-13-32-19)14-16-4-1-7-24-20(16)17/h1,3-4,6-7,13,17-18H,2,5,8-12,14-15H2. The van der Waals surface area contributed by atoms with Crippen molar-refractivity contribution in [2.45, 2.75) is 31.4 Å². The van der Waals surface area contributed by atoms with Gasteiger partial charge in [-0.1, -0.05) is 6.07 Å². The van der Waals surface area contributed by atoms with Crippen molar-refractivity contribution in [2.24, 2.45) is 0 Å². The molecule has 2 unspecified atom stereocenters. The zero-order valence-corrected chi connectivity index (χ0v) is 17.8. The predicted molar refractivity (Wildman–Crippen MR) is 113 cm³/mol. The van der Waals surface area contributed by atoms with Crippen LogP contribution in [0.4, 0.5) is 0 Å². The fourth-order valence-electron chi connectivity index (χ4n) is 4.72. The van der Waals surface area contributed by atoms with Crippen LogP contribution in [-0.4, -0.2) is 82.8 Å². The van der Waals surface area contributed by atoms with E-state index in [0.717, 1.165) is 24.1 Å². The lowest BCUT2D eigenvalue weighted by Gasteiger charge is -2.39. The lowest BCUT2D eigenvalue weighted by Crippen LogP contribution is -2.55. The maximum absolute atomic E-state index is 13.5. The van der Waals surface area contributed by atoms with E-state index in [-0.39, 0.29) is 36.1 Å². The van der Waals surface area contributed by atoms with Crippen molar-refractivity contribution in [1.82, 2.24) is 19.7 Å². The number of carbonyl (C=O) groups excluding carboxylic acids is 3. The fourth-order valence-corrected chi connectivity index (χ4v) is 4.72. The molecule has 3 aliphatic heterocycles. The van der Waals surface area contributed by atoms with E-state index in [0.29, 0.717) is 39.3 Å². The largest absolute Gasteiger partial charge is 0.459 e. The maximum Gasteiger partial charge on any atom is 0.289 e. The van der Waals surface area contributed by atoms with E-state index in [9.17, 15) is 14.4 Å². The van der Waals surface area contributed by atoms with Crippen LogP contribution in [0.3, 0.4) is 0 Å². The van der Waals surface area contributed by atoms with Crippen molar-refractivity contribution in [3.05, 3.63) is 53.7 Å². The lowest BCUT2D eigenvalue weighted by molar-refractivity contribution is -0.146. The van der Waals surface area contributed by atoms with Crippen molar-refractivity contribution < 1.29 is 23.5 Å². The summed E-state index contributed by atoms with van der Waals surface area (Å²) in [7, 11) is 0. The van der Waals surface area contributed by atoms with Crippen molar-refractivity contribution >= 4 is 17.7 Å². The van der Waals surface area contributed by atoms with Gasteiger partial charge in [-0.2, -0.15) is 0 Å². The van der Waals surface area contributed by atoms with Crippen molar-refractivity contribution in [3.63, 3.8) is 0 Å². The van der Waals surface area contributed by atoms with Crippen LogP contribution in [0.1, 0.15) is 40.6 Å². The number of aromatic nitrogens is 1. The second-order valence-electron chi connectivity index (χ2n) is 8.42. The number of amides is 3. The van der Waals surface area contributed by atoms with Crippen LogP contribution in [0.5, 0.6) is 0 Å². The number of fused-ring (bicyclic) bond motifs is 1. The Hall–Kier alpha value is -3.20. The molecule has 2 atom stereocenters. The van der Waals surface area contributed by atoms with Crippen molar-refractivity contribution in [2.75, 3.05) is 39.3 Å². The molecule has 0 aliphatic carbocycles. The number of furan rings is 1. The second-order valence-corrected chi connectivity index (χ2v) is 8.42. The first kappa shape index (κ1) is 20.7. The van der Waals surface area contributed by atoms with Gasteiger partial charge in [0.05, 0.1) is 17.9 Å². The van der Waals surface area contributed by atoms with Gasteiger partial charge in [0.2, 0.25) is 5.91 Å². The molecule has 9 heteroatoms. The molecule has 0 N–H and O–H groups in total. The summed E-state index contributed by atoms with van der Waals surface area (Å²) >= 11 is 0. The summed E-state index contributed by atoms with van der Waals surface area (Å²) in [6.07, 6.45) is 4.49. The van der Waals surface area contributed by atoms with Crippen LogP contribution in [0, 0.1) is 0 Å². The summed E-state index contributed by atoms with van der Waals surface area (Å²) in [4.78, 5) is 48.7. The van der Waals surface area contributed by atoms with Gasteiger partial charge in [0, 0.05) is 52.1 Å². The molecule has 9 nitrogen and oxygen atoms in total. The van der Waals surface area contributed by atoms with E-state index in [4.69, 9.17) is 9.15 Å². The van der Waals surface area contributed by atoms with Gasteiger partial charge in [0.25, 0.3) is 11.8 Å².